The van der Waals surface area contributed by atoms with Crippen molar-refractivity contribution < 1.29 is 0 Å². The Morgan fingerprint density at radius 2 is 0.712 bits per heavy atom. The average Bonchev–Trinajstić information content (AvgIpc) is 3.24. The summed E-state index contributed by atoms with van der Waals surface area (Å²) >= 11 is 0. The molecule has 0 aliphatic rings. The molecule has 2 heterocycles. The highest BCUT2D eigenvalue weighted by atomic mass is 15.0. The van der Waals surface area contributed by atoms with Gasteiger partial charge in [0.15, 0.2) is 17.5 Å². The molecular formula is C48H32N4. The topological polar surface area (TPSA) is 51.6 Å². The van der Waals surface area contributed by atoms with Crippen LogP contribution < -0.4 is 0 Å². The lowest BCUT2D eigenvalue weighted by molar-refractivity contribution is 1.08. The van der Waals surface area contributed by atoms with E-state index in [-0.39, 0.29) is 0 Å². The number of hydrogen-bond acceptors (Lipinski definition) is 4. The van der Waals surface area contributed by atoms with Gasteiger partial charge in [-0.25, -0.2) is 19.9 Å². The van der Waals surface area contributed by atoms with E-state index < -0.39 is 0 Å². The Bertz CT molecular complexity index is 2530. The predicted octanol–water partition coefficient (Wildman–Crippen LogP) is 12.1. The van der Waals surface area contributed by atoms with E-state index in [1.54, 1.807) is 0 Å². The third-order valence-electron chi connectivity index (χ3n) is 9.35. The highest BCUT2D eigenvalue weighted by molar-refractivity contribution is 6.03. The van der Waals surface area contributed by atoms with Gasteiger partial charge in [-0.2, -0.15) is 0 Å². The van der Waals surface area contributed by atoms with Gasteiger partial charge < -0.3 is 0 Å². The Labute approximate surface area is 302 Å². The fourth-order valence-corrected chi connectivity index (χ4v) is 6.73. The number of fused-ring (bicyclic) bond motifs is 1. The van der Waals surface area contributed by atoms with E-state index >= 15 is 0 Å². The van der Waals surface area contributed by atoms with Crippen LogP contribution in [-0.4, -0.2) is 19.9 Å². The molecular weight excluding hydrogens is 633 g/mol. The van der Waals surface area contributed by atoms with Crippen LogP contribution in [-0.2, 0) is 0 Å². The van der Waals surface area contributed by atoms with Crippen LogP contribution in [0.1, 0.15) is 0 Å². The molecule has 0 saturated carbocycles. The highest BCUT2D eigenvalue weighted by Gasteiger charge is 2.19. The van der Waals surface area contributed by atoms with E-state index in [0.717, 1.165) is 72.2 Å². The molecule has 0 atom stereocenters. The fraction of sp³-hybridized carbons (Fsp3) is 0. The maximum absolute atomic E-state index is 5.16. The second-order valence-electron chi connectivity index (χ2n) is 12.7. The van der Waals surface area contributed by atoms with Crippen LogP contribution in [0.25, 0.3) is 89.7 Å². The average molecular weight is 665 g/mol. The largest absolute Gasteiger partial charge is 0.248 e. The van der Waals surface area contributed by atoms with Crippen molar-refractivity contribution in [2.45, 2.75) is 0 Å². The van der Waals surface area contributed by atoms with E-state index in [4.69, 9.17) is 19.9 Å². The lowest BCUT2D eigenvalue weighted by Gasteiger charge is -2.15. The van der Waals surface area contributed by atoms with Crippen LogP contribution >= 0.6 is 0 Å². The summed E-state index contributed by atoms with van der Waals surface area (Å²) in [5, 5.41) is 2.20. The van der Waals surface area contributed by atoms with Crippen LogP contribution in [0.15, 0.2) is 194 Å². The lowest BCUT2D eigenvalue weighted by atomic mass is 9.92. The van der Waals surface area contributed by atoms with E-state index in [2.05, 4.69) is 121 Å². The smallest absolute Gasteiger partial charge is 0.165 e. The molecule has 0 radical (unpaired) electrons. The molecule has 4 nitrogen and oxygen atoms in total. The Balaban J connectivity index is 1.20. The van der Waals surface area contributed by atoms with Gasteiger partial charge in [-0.1, -0.05) is 182 Å². The van der Waals surface area contributed by atoms with Gasteiger partial charge in [0.2, 0.25) is 0 Å². The van der Waals surface area contributed by atoms with Gasteiger partial charge in [0, 0.05) is 27.8 Å². The first kappa shape index (κ1) is 31.0. The summed E-state index contributed by atoms with van der Waals surface area (Å²) in [5.74, 6) is 1.91. The zero-order valence-electron chi connectivity index (χ0n) is 28.3. The number of nitrogens with zero attached hydrogens (tertiary/aromatic N) is 4. The number of pyridine rings is 1. The maximum atomic E-state index is 5.16. The van der Waals surface area contributed by atoms with E-state index in [0.29, 0.717) is 17.5 Å². The van der Waals surface area contributed by atoms with Crippen molar-refractivity contribution in [3.8, 4) is 78.9 Å². The summed E-state index contributed by atoms with van der Waals surface area (Å²) in [5.41, 5.74) is 11.2. The number of aromatic nitrogens is 4. The molecule has 0 aliphatic carbocycles. The minimum atomic E-state index is 0.633. The monoisotopic (exact) mass is 664 g/mol. The SMILES string of the molecule is c1ccc(-c2cc(-c3ccccc3)nc(-c3ccc(-c4ccc5ccccc5c4-c4nc(-c5ccccc5)nc(-c5ccccc5)n4)cc3)c2)cc1. The molecule has 0 aliphatic heterocycles. The van der Waals surface area contributed by atoms with Gasteiger partial charge in [-0.3, -0.25) is 0 Å². The standard InChI is InChI=1S/C48H32N4/c1-5-15-33(16-6-1)40-31-43(36-18-7-2-8-19-36)49-44(32-40)37-27-25-35(26-28-37)42-30-29-34-17-13-14-24-41(34)45(42)48-51-46(38-20-9-3-10-21-38)50-47(52-48)39-22-11-4-12-23-39/h1-32H. The van der Waals surface area contributed by atoms with Crippen LogP contribution in [0.5, 0.6) is 0 Å². The Morgan fingerprint density at radius 3 is 1.29 bits per heavy atom. The van der Waals surface area contributed by atoms with Gasteiger partial charge in [0.05, 0.1) is 11.4 Å². The normalized spacial score (nSPS) is 11.1. The number of hydrogen-bond donors (Lipinski definition) is 0. The molecule has 0 bridgehead atoms. The Hall–Kier alpha value is -7.04. The van der Waals surface area contributed by atoms with Crippen molar-refractivity contribution in [3.05, 3.63) is 194 Å². The summed E-state index contributed by atoms with van der Waals surface area (Å²) in [6.07, 6.45) is 0. The predicted molar refractivity (Wildman–Crippen MR) is 213 cm³/mol. The molecule has 52 heavy (non-hydrogen) atoms. The van der Waals surface area contributed by atoms with Crippen molar-refractivity contribution in [1.82, 2.24) is 19.9 Å². The zero-order chi connectivity index (χ0) is 34.7. The van der Waals surface area contributed by atoms with Gasteiger partial charge in [0.1, 0.15) is 0 Å². The number of benzene rings is 7. The summed E-state index contributed by atoms with van der Waals surface area (Å²) in [4.78, 5) is 20.4. The van der Waals surface area contributed by atoms with Crippen molar-refractivity contribution in [3.63, 3.8) is 0 Å². The molecule has 0 N–H and O–H groups in total. The third-order valence-corrected chi connectivity index (χ3v) is 9.35. The van der Waals surface area contributed by atoms with E-state index in [1.807, 2.05) is 72.8 Å². The lowest BCUT2D eigenvalue weighted by Crippen LogP contribution is -2.01. The van der Waals surface area contributed by atoms with Crippen LogP contribution in [0.3, 0.4) is 0 Å². The van der Waals surface area contributed by atoms with Gasteiger partial charge in [-0.05, 0) is 45.2 Å². The molecule has 7 aromatic carbocycles. The van der Waals surface area contributed by atoms with Gasteiger partial charge in [-0.15, -0.1) is 0 Å². The first-order valence-electron chi connectivity index (χ1n) is 17.4. The first-order valence-corrected chi connectivity index (χ1v) is 17.4. The van der Waals surface area contributed by atoms with Gasteiger partial charge in [0.25, 0.3) is 0 Å². The zero-order valence-corrected chi connectivity index (χ0v) is 28.3. The second kappa shape index (κ2) is 13.7. The van der Waals surface area contributed by atoms with Crippen LogP contribution in [0.4, 0.5) is 0 Å². The maximum Gasteiger partial charge on any atom is 0.165 e. The molecule has 0 spiro atoms. The number of rotatable bonds is 7. The van der Waals surface area contributed by atoms with Crippen molar-refractivity contribution in [2.75, 3.05) is 0 Å². The molecule has 2 aromatic heterocycles. The van der Waals surface area contributed by atoms with Crippen LogP contribution in [0.2, 0.25) is 0 Å². The molecule has 9 rings (SSSR count). The first-order chi connectivity index (χ1) is 25.8. The fourth-order valence-electron chi connectivity index (χ4n) is 6.73. The molecule has 0 saturated heterocycles. The molecule has 9 aromatic rings. The molecule has 0 unspecified atom stereocenters. The Kier molecular flexibility index (Phi) is 8.16. The van der Waals surface area contributed by atoms with E-state index in [1.165, 1.54) is 0 Å². The minimum Gasteiger partial charge on any atom is -0.248 e. The summed E-state index contributed by atoms with van der Waals surface area (Å²) in [7, 11) is 0. The summed E-state index contributed by atoms with van der Waals surface area (Å²) < 4.78 is 0. The minimum absolute atomic E-state index is 0.633. The summed E-state index contributed by atoms with van der Waals surface area (Å²) in [6, 6.07) is 66.9. The quantitative estimate of drug-likeness (QED) is 0.170. The van der Waals surface area contributed by atoms with Crippen LogP contribution in [0, 0.1) is 0 Å². The molecule has 244 valence electrons. The Morgan fingerprint density at radius 1 is 0.269 bits per heavy atom. The highest BCUT2D eigenvalue weighted by Crippen LogP contribution is 2.39. The molecule has 0 amide bonds. The molecule has 4 heteroatoms. The van der Waals surface area contributed by atoms with Crippen molar-refractivity contribution in [1.29, 1.82) is 0 Å². The van der Waals surface area contributed by atoms with Gasteiger partial charge >= 0.3 is 0 Å². The molecule has 0 fully saturated rings. The van der Waals surface area contributed by atoms with E-state index in [9.17, 15) is 0 Å². The second-order valence-corrected chi connectivity index (χ2v) is 12.7. The van der Waals surface area contributed by atoms with Crippen molar-refractivity contribution >= 4 is 10.8 Å². The third kappa shape index (κ3) is 6.14. The summed E-state index contributed by atoms with van der Waals surface area (Å²) in [6.45, 7) is 0. The van der Waals surface area contributed by atoms with Crippen molar-refractivity contribution in [2.24, 2.45) is 0 Å².